The third kappa shape index (κ3) is 2.36. The maximum Gasteiger partial charge on any atom is 0.0592 e. The van der Waals surface area contributed by atoms with Crippen molar-refractivity contribution in [1.29, 1.82) is 0 Å². The number of nitrogens with zero attached hydrogens (tertiary/aromatic N) is 1. The molecule has 0 saturated heterocycles. The van der Waals surface area contributed by atoms with Gasteiger partial charge in [-0.2, -0.15) is 0 Å². The molecule has 3 aromatic carbocycles. The van der Waals surface area contributed by atoms with Gasteiger partial charge in [-0.25, -0.2) is 0 Å². The summed E-state index contributed by atoms with van der Waals surface area (Å²) < 4.78 is 3.71. The van der Waals surface area contributed by atoms with Gasteiger partial charge in [-0.1, -0.05) is 76.6 Å². The van der Waals surface area contributed by atoms with Crippen LogP contribution in [0, 0.1) is 0 Å². The maximum atomic E-state index is 3.55. The molecule has 0 fully saturated rings. The predicted octanol–water partition coefficient (Wildman–Crippen LogP) is 6.61. The van der Waals surface area contributed by atoms with E-state index in [1.807, 2.05) is 0 Å². The molecule has 2 heteroatoms. The number of hydrogen-bond acceptors (Lipinski definition) is 0. The number of aromatic nitrogens is 1. The van der Waals surface area contributed by atoms with Crippen molar-refractivity contribution in [2.45, 2.75) is 18.9 Å². The summed E-state index contributed by atoms with van der Waals surface area (Å²) in [6.45, 7) is 0. The fraction of sp³-hybridized carbons (Fsp3) is 0.130. The molecule has 25 heavy (non-hydrogen) atoms. The topological polar surface area (TPSA) is 4.93 Å². The van der Waals surface area contributed by atoms with Gasteiger partial charge in [-0.05, 0) is 42.2 Å². The number of hydrogen-bond donors (Lipinski definition) is 0. The summed E-state index contributed by atoms with van der Waals surface area (Å²) in [5.41, 5.74) is 6.95. The highest BCUT2D eigenvalue weighted by molar-refractivity contribution is 9.10. The Kier molecular flexibility index (Phi) is 3.53. The van der Waals surface area contributed by atoms with E-state index in [-0.39, 0.29) is 0 Å². The minimum atomic E-state index is 0.422. The summed E-state index contributed by atoms with van der Waals surface area (Å²) in [6, 6.07) is 28.9. The molecule has 1 aliphatic rings. The summed E-state index contributed by atoms with van der Waals surface area (Å²) in [6.07, 6.45) is 2.29. The summed E-state index contributed by atoms with van der Waals surface area (Å²) in [5, 5.41) is 1.37. The molecule has 1 aliphatic heterocycles. The van der Waals surface area contributed by atoms with E-state index in [2.05, 4.69) is 99.4 Å². The van der Waals surface area contributed by atoms with Crippen LogP contribution >= 0.6 is 15.9 Å². The van der Waals surface area contributed by atoms with Gasteiger partial charge in [-0.15, -0.1) is 0 Å². The van der Waals surface area contributed by atoms with Gasteiger partial charge in [0.05, 0.1) is 6.04 Å². The van der Waals surface area contributed by atoms with Gasteiger partial charge in [0.25, 0.3) is 0 Å². The zero-order chi connectivity index (χ0) is 16.8. The Morgan fingerprint density at radius 3 is 2.32 bits per heavy atom. The lowest BCUT2D eigenvalue weighted by Crippen LogP contribution is -2.05. The second-order valence-corrected chi connectivity index (χ2v) is 7.60. The molecule has 122 valence electrons. The van der Waals surface area contributed by atoms with Crippen LogP contribution in [-0.4, -0.2) is 4.57 Å². The molecule has 0 bridgehead atoms. The highest BCUT2D eigenvalue weighted by Crippen LogP contribution is 2.44. The Bertz CT molecular complexity index is 1040. The van der Waals surface area contributed by atoms with Crippen LogP contribution in [0.3, 0.4) is 0 Å². The fourth-order valence-electron chi connectivity index (χ4n) is 4.25. The van der Waals surface area contributed by atoms with Crippen molar-refractivity contribution < 1.29 is 0 Å². The van der Waals surface area contributed by atoms with Crippen molar-refractivity contribution in [3.8, 4) is 11.1 Å². The monoisotopic (exact) mass is 387 g/mol. The van der Waals surface area contributed by atoms with Crippen molar-refractivity contribution in [2.24, 2.45) is 0 Å². The van der Waals surface area contributed by atoms with E-state index in [1.54, 1.807) is 0 Å². The SMILES string of the molecule is Brc1ccc(C2CCc3c(-c4ccccc4)c4ccccc4n32)cc1. The molecule has 0 N–H and O–H groups in total. The number of para-hydroxylation sites is 1. The van der Waals surface area contributed by atoms with Gasteiger partial charge in [0.1, 0.15) is 0 Å². The molecule has 0 spiro atoms. The van der Waals surface area contributed by atoms with E-state index in [0.717, 1.165) is 10.9 Å². The van der Waals surface area contributed by atoms with Gasteiger partial charge in [0.15, 0.2) is 0 Å². The Hall–Kier alpha value is -2.32. The molecule has 0 aliphatic carbocycles. The molecule has 1 atom stereocenters. The van der Waals surface area contributed by atoms with Gasteiger partial charge in [-0.3, -0.25) is 0 Å². The van der Waals surface area contributed by atoms with Crippen molar-refractivity contribution in [3.63, 3.8) is 0 Å². The minimum Gasteiger partial charge on any atom is -0.336 e. The standard InChI is InChI=1S/C23H18BrN/c24-18-12-10-16(11-13-18)20-14-15-22-23(17-6-2-1-3-7-17)19-8-4-5-9-21(19)25(20)22/h1-13,20H,14-15H2. The molecular weight excluding hydrogens is 370 g/mol. The molecule has 0 saturated carbocycles. The molecule has 0 amide bonds. The molecule has 1 unspecified atom stereocenters. The summed E-state index contributed by atoms with van der Waals surface area (Å²) in [4.78, 5) is 0. The van der Waals surface area contributed by atoms with Crippen molar-refractivity contribution in [2.75, 3.05) is 0 Å². The Labute approximate surface area is 156 Å². The first-order valence-corrected chi connectivity index (χ1v) is 9.55. The fourth-order valence-corrected chi connectivity index (χ4v) is 4.51. The van der Waals surface area contributed by atoms with E-state index in [9.17, 15) is 0 Å². The third-order valence-corrected chi connectivity index (χ3v) is 5.82. The zero-order valence-corrected chi connectivity index (χ0v) is 15.4. The van der Waals surface area contributed by atoms with Gasteiger partial charge < -0.3 is 4.57 Å². The van der Waals surface area contributed by atoms with Gasteiger partial charge >= 0.3 is 0 Å². The van der Waals surface area contributed by atoms with Crippen LogP contribution in [0.5, 0.6) is 0 Å². The Morgan fingerprint density at radius 1 is 0.800 bits per heavy atom. The lowest BCUT2D eigenvalue weighted by atomic mass is 9.99. The van der Waals surface area contributed by atoms with E-state index < -0.39 is 0 Å². The Morgan fingerprint density at radius 2 is 1.52 bits per heavy atom. The van der Waals surface area contributed by atoms with E-state index >= 15 is 0 Å². The lowest BCUT2D eigenvalue weighted by molar-refractivity contribution is 0.638. The van der Waals surface area contributed by atoms with Crippen LogP contribution in [0.4, 0.5) is 0 Å². The second kappa shape index (κ2) is 5.89. The van der Waals surface area contributed by atoms with Gasteiger partial charge in [0, 0.05) is 26.6 Å². The van der Waals surface area contributed by atoms with Crippen molar-refractivity contribution in [1.82, 2.24) is 4.57 Å². The van der Waals surface area contributed by atoms with Crippen molar-refractivity contribution in [3.05, 3.63) is 94.6 Å². The first-order valence-electron chi connectivity index (χ1n) is 8.75. The predicted molar refractivity (Wildman–Crippen MR) is 108 cm³/mol. The first kappa shape index (κ1) is 15.0. The maximum absolute atomic E-state index is 3.55. The largest absolute Gasteiger partial charge is 0.336 e. The summed E-state index contributed by atoms with van der Waals surface area (Å²) >= 11 is 3.55. The minimum absolute atomic E-state index is 0.422. The molecule has 1 nitrogen and oxygen atoms in total. The Balaban J connectivity index is 1.76. The van der Waals surface area contributed by atoms with Gasteiger partial charge in [0.2, 0.25) is 0 Å². The summed E-state index contributed by atoms with van der Waals surface area (Å²) in [7, 11) is 0. The highest BCUT2D eigenvalue weighted by Gasteiger charge is 2.29. The van der Waals surface area contributed by atoms with Crippen LogP contribution in [-0.2, 0) is 6.42 Å². The van der Waals surface area contributed by atoms with E-state index in [0.29, 0.717) is 6.04 Å². The third-order valence-electron chi connectivity index (χ3n) is 5.30. The number of fused-ring (bicyclic) bond motifs is 3. The molecular formula is C23H18BrN. The molecule has 4 aromatic rings. The summed E-state index contributed by atoms with van der Waals surface area (Å²) in [5.74, 6) is 0. The number of benzene rings is 3. The smallest absolute Gasteiger partial charge is 0.0592 e. The molecule has 0 radical (unpaired) electrons. The quantitative estimate of drug-likeness (QED) is 0.364. The van der Waals surface area contributed by atoms with E-state index in [1.165, 1.54) is 39.7 Å². The van der Waals surface area contributed by atoms with Crippen LogP contribution in [0.25, 0.3) is 22.0 Å². The number of halogens is 1. The average Bonchev–Trinajstić information content (AvgIpc) is 3.21. The average molecular weight is 388 g/mol. The van der Waals surface area contributed by atoms with Crippen LogP contribution < -0.4 is 0 Å². The van der Waals surface area contributed by atoms with Crippen LogP contribution in [0.2, 0.25) is 0 Å². The van der Waals surface area contributed by atoms with E-state index in [4.69, 9.17) is 0 Å². The zero-order valence-electron chi connectivity index (χ0n) is 13.8. The molecule has 5 rings (SSSR count). The molecule has 2 heterocycles. The number of rotatable bonds is 2. The second-order valence-electron chi connectivity index (χ2n) is 6.68. The highest BCUT2D eigenvalue weighted by atomic mass is 79.9. The molecule has 1 aromatic heterocycles. The van der Waals surface area contributed by atoms with Crippen molar-refractivity contribution >= 4 is 26.8 Å². The normalized spacial score (nSPS) is 16.3. The van der Waals surface area contributed by atoms with Crippen LogP contribution in [0.1, 0.15) is 23.7 Å². The van der Waals surface area contributed by atoms with Crippen LogP contribution in [0.15, 0.2) is 83.3 Å². The lowest BCUT2D eigenvalue weighted by Gasteiger charge is -2.15. The first-order chi connectivity index (χ1) is 12.3.